The van der Waals surface area contributed by atoms with Crippen molar-refractivity contribution in [2.24, 2.45) is 15.9 Å². The Hall–Kier alpha value is -2.51. The van der Waals surface area contributed by atoms with Crippen molar-refractivity contribution in [3.05, 3.63) is 76.0 Å². The van der Waals surface area contributed by atoms with Gasteiger partial charge in [-0.25, -0.2) is 4.39 Å². The van der Waals surface area contributed by atoms with Gasteiger partial charge in [-0.2, -0.15) is 0 Å². The van der Waals surface area contributed by atoms with E-state index in [1.54, 1.807) is 30.9 Å². The zero-order chi connectivity index (χ0) is 27.9. The lowest BCUT2D eigenvalue weighted by atomic mass is 9.87. The van der Waals surface area contributed by atoms with Crippen LogP contribution in [0, 0.1) is 11.7 Å². The second-order valence-corrected chi connectivity index (χ2v) is 12.6. The van der Waals surface area contributed by atoms with Gasteiger partial charge in [0.2, 0.25) is 0 Å². The second-order valence-electron chi connectivity index (χ2n) is 11.1. The van der Waals surface area contributed by atoms with Crippen molar-refractivity contribution >= 4 is 40.0 Å². The molecule has 3 aliphatic rings. The minimum absolute atomic E-state index is 0.0876. The number of Topliss-reactive ketones (excluding diaryl/α,β-unsaturated/α-hetero) is 1. The molecular weight excluding hydrogens is 543 g/mol. The fourth-order valence-electron chi connectivity index (χ4n) is 6.06. The highest BCUT2D eigenvalue weighted by molar-refractivity contribution is 8.14. The molecule has 0 bridgehead atoms. The Labute approximate surface area is 246 Å². The summed E-state index contributed by atoms with van der Waals surface area (Å²) in [6.45, 7) is 1.56. The van der Waals surface area contributed by atoms with E-state index >= 15 is 0 Å². The minimum atomic E-state index is -0.656. The summed E-state index contributed by atoms with van der Waals surface area (Å²) in [6.07, 6.45) is 15.3. The fraction of sp³-hybridized carbons (Fsp3) is 0.500. The van der Waals surface area contributed by atoms with Gasteiger partial charge < -0.3 is 5.32 Å². The largest absolute Gasteiger partial charge is 0.341 e. The number of aromatic nitrogens is 1. The molecule has 1 N–H and O–H groups in total. The zero-order valence-electron chi connectivity index (χ0n) is 23.2. The summed E-state index contributed by atoms with van der Waals surface area (Å²) < 4.78 is 13.9. The van der Waals surface area contributed by atoms with E-state index in [0.29, 0.717) is 40.4 Å². The zero-order valence-corrected chi connectivity index (χ0v) is 24.7. The van der Waals surface area contributed by atoms with Crippen molar-refractivity contribution in [2.45, 2.75) is 89.6 Å². The number of nitrogens with zero attached hydrogens (tertiary/aromatic N) is 3. The number of nitrogens with one attached hydrogen (secondary N) is 1. The first-order valence-corrected chi connectivity index (χ1v) is 16.0. The molecule has 1 aliphatic heterocycles. The average molecular weight is 581 g/mol. The standard InChI is InChI=1S/C32H38ClFN4OS/c1-21(39)30-28(20-40-29(18-22-10-4-2-5-11-22)36-24-12-6-3-7-13-24)37-32(27-14-8-9-17-35-27)38-31(30)25-16-15-23(34)19-26(25)33/h8-9,14-17,19,22,24,31H,2-7,10-13,18,20H2,1H3,(H,37,38). The number of benzene rings is 1. The molecule has 0 amide bonds. The number of thioether (sulfide) groups is 1. The molecule has 1 aromatic carbocycles. The lowest BCUT2D eigenvalue weighted by Gasteiger charge is -2.28. The van der Waals surface area contributed by atoms with E-state index in [9.17, 15) is 9.18 Å². The monoisotopic (exact) mass is 580 g/mol. The predicted octanol–water partition coefficient (Wildman–Crippen LogP) is 8.24. The summed E-state index contributed by atoms with van der Waals surface area (Å²) in [5.74, 6) is 1.31. The smallest absolute Gasteiger partial charge is 0.160 e. The molecule has 212 valence electrons. The molecule has 2 aliphatic carbocycles. The first kappa shape index (κ1) is 29.0. The van der Waals surface area contributed by atoms with Crippen LogP contribution in [0.5, 0.6) is 0 Å². The van der Waals surface area contributed by atoms with Crippen molar-refractivity contribution in [3.8, 4) is 0 Å². The van der Waals surface area contributed by atoms with E-state index < -0.39 is 11.9 Å². The van der Waals surface area contributed by atoms with Crippen LogP contribution in [0.15, 0.2) is 63.8 Å². The molecule has 1 aromatic heterocycles. The van der Waals surface area contributed by atoms with E-state index in [1.807, 2.05) is 18.2 Å². The highest BCUT2D eigenvalue weighted by Crippen LogP contribution is 2.38. The highest BCUT2D eigenvalue weighted by atomic mass is 35.5. The molecule has 40 heavy (non-hydrogen) atoms. The molecular formula is C32H38ClFN4OS. The van der Waals surface area contributed by atoms with Crippen LogP contribution in [0.2, 0.25) is 5.02 Å². The molecule has 8 heteroatoms. The van der Waals surface area contributed by atoms with Crippen molar-refractivity contribution < 1.29 is 9.18 Å². The van der Waals surface area contributed by atoms with Crippen LogP contribution in [0.3, 0.4) is 0 Å². The van der Waals surface area contributed by atoms with Crippen molar-refractivity contribution in [2.75, 3.05) is 5.75 Å². The molecule has 0 saturated heterocycles. The first-order chi connectivity index (χ1) is 19.5. The van der Waals surface area contributed by atoms with Crippen LogP contribution in [0.25, 0.3) is 0 Å². The number of halogens is 2. The molecule has 5 rings (SSSR count). The van der Waals surface area contributed by atoms with E-state index in [2.05, 4.69) is 10.3 Å². The van der Waals surface area contributed by atoms with Crippen molar-refractivity contribution in [1.29, 1.82) is 0 Å². The summed E-state index contributed by atoms with van der Waals surface area (Å²) in [5, 5.41) is 4.90. The number of rotatable bonds is 8. The van der Waals surface area contributed by atoms with Crippen LogP contribution in [-0.4, -0.2) is 33.4 Å². The van der Waals surface area contributed by atoms with Crippen LogP contribution in [0.4, 0.5) is 4.39 Å². The molecule has 0 spiro atoms. The molecule has 2 fully saturated rings. The first-order valence-electron chi connectivity index (χ1n) is 14.6. The van der Waals surface area contributed by atoms with Gasteiger partial charge in [-0.1, -0.05) is 75.1 Å². The Kier molecular flexibility index (Phi) is 10.1. The van der Waals surface area contributed by atoms with Gasteiger partial charge in [0.1, 0.15) is 17.6 Å². The number of pyridine rings is 1. The van der Waals surface area contributed by atoms with Gasteiger partial charge in [0.25, 0.3) is 0 Å². The molecule has 2 saturated carbocycles. The van der Waals surface area contributed by atoms with Crippen LogP contribution in [0.1, 0.15) is 94.9 Å². The number of hydrogen-bond acceptors (Lipinski definition) is 6. The quantitative estimate of drug-likeness (QED) is 0.252. The van der Waals surface area contributed by atoms with Gasteiger partial charge in [-0.3, -0.25) is 19.8 Å². The number of aliphatic imine (C=N–C) groups is 2. The third kappa shape index (κ3) is 7.41. The molecule has 0 radical (unpaired) electrons. The number of ketones is 1. The van der Waals surface area contributed by atoms with Crippen molar-refractivity contribution in [1.82, 2.24) is 10.3 Å². The van der Waals surface area contributed by atoms with E-state index in [-0.39, 0.29) is 10.8 Å². The predicted molar refractivity (Wildman–Crippen MR) is 164 cm³/mol. The average Bonchev–Trinajstić information content (AvgIpc) is 2.97. The van der Waals surface area contributed by atoms with Crippen LogP contribution < -0.4 is 5.32 Å². The molecule has 1 atom stereocenters. The maximum atomic E-state index is 13.9. The Balaban J connectivity index is 1.48. The molecule has 2 aromatic rings. The van der Waals surface area contributed by atoms with Gasteiger partial charge in [0.05, 0.1) is 11.1 Å². The van der Waals surface area contributed by atoms with Crippen molar-refractivity contribution in [3.63, 3.8) is 0 Å². The van der Waals surface area contributed by atoms with E-state index in [1.165, 1.54) is 68.5 Å². The van der Waals surface area contributed by atoms with Gasteiger partial charge >= 0.3 is 0 Å². The summed E-state index contributed by atoms with van der Waals surface area (Å²) in [5.41, 5.74) is 2.62. The number of hydrogen-bond donors (Lipinski definition) is 1. The Bertz CT molecular complexity index is 1280. The van der Waals surface area contributed by atoms with E-state index in [4.69, 9.17) is 21.6 Å². The Morgan fingerprint density at radius 3 is 2.50 bits per heavy atom. The van der Waals surface area contributed by atoms with Crippen LogP contribution in [-0.2, 0) is 4.79 Å². The lowest BCUT2D eigenvalue weighted by molar-refractivity contribution is -0.113. The van der Waals surface area contributed by atoms with E-state index in [0.717, 1.165) is 25.0 Å². The maximum Gasteiger partial charge on any atom is 0.160 e. The Morgan fingerprint density at radius 2 is 1.82 bits per heavy atom. The molecule has 1 unspecified atom stereocenters. The normalized spacial score (nSPS) is 21.2. The number of amidine groups is 1. The fourth-order valence-corrected chi connectivity index (χ4v) is 7.44. The summed E-state index contributed by atoms with van der Waals surface area (Å²) in [7, 11) is 0. The lowest BCUT2D eigenvalue weighted by Crippen LogP contribution is -2.34. The minimum Gasteiger partial charge on any atom is -0.341 e. The third-order valence-corrected chi connectivity index (χ3v) is 9.51. The third-order valence-electron chi connectivity index (χ3n) is 8.14. The van der Waals surface area contributed by atoms with Gasteiger partial charge in [-0.05, 0) is 56.4 Å². The Morgan fingerprint density at radius 1 is 1.07 bits per heavy atom. The van der Waals surface area contributed by atoms with Gasteiger partial charge in [0, 0.05) is 33.8 Å². The topological polar surface area (TPSA) is 66.7 Å². The summed E-state index contributed by atoms with van der Waals surface area (Å²) in [6, 6.07) is 9.66. The highest BCUT2D eigenvalue weighted by Gasteiger charge is 2.31. The number of carbonyl (C=O) groups is 1. The number of carbonyl (C=O) groups excluding carboxylic acids is 1. The molecule has 5 nitrogen and oxygen atoms in total. The molecule has 2 heterocycles. The van der Waals surface area contributed by atoms with Gasteiger partial charge in [0.15, 0.2) is 11.6 Å². The van der Waals surface area contributed by atoms with Crippen LogP contribution >= 0.6 is 23.4 Å². The second kappa shape index (κ2) is 13.9. The summed E-state index contributed by atoms with van der Waals surface area (Å²) in [4.78, 5) is 27.8. The SMILES string of the molecule is CC(=O)C1=C(CSC(CC2CCCCC2)=NC2CCCCC2)NC(c2ccccn2)=NC1c1ccc(F)cc1Cl. The van der Waals surface area contributed by atoms with Gasteiger partial charge in [-0.15, -0.1) is 11.8 Å². The summed E-state index contributed by atoms with van der Waals surface area (Å²) >= 11 is 8.26. The maximum absolute atomic E-state index is 13.9.